The van der Waals surface area contributed by atoms with Gasteiger partial charge >= 0.3 is 0 Å². The van der Waals surface area contributed by atoms with E-state index in [0.29, 0.717) is 5.88 Å². The molecule has 4 heteroatoms. The molecule has 1 aromatic heterocycles. The highest BCUT2D eigenvalue weighted by atomic mass is 35.5. The third kappa shape index (κ3) is 3.50. The van der Waals surface area contributed by atoms with Gasteiger partial charge in [0.05, 0.1) is 6.54 Å². The molecule has 3 nitrogen and oxygen atoms in total. The van der Waals surface area contributed by atoms with E-state index in [1.807, 2.05) is 16.9 Å². The van der Waals surface area contributed by atoms with Gasteiger partial charge in [-0.1, -0.05) is 13.8 Å². The SMILES string of the molecule is CCC(CC)(CCl)NCCn1cccn1. The van der Waals surface area contributed by atoms with E-state index in [1.54, 1.807) is 6.20 Å². The minimum absolute atomic E-state index is 0.0920. The van der Waals surface area contributed by atoms with Crippen LogP contribution < -0.4 is 5.32 Å². The van der Waals surface area contributed by atoms with E-state index in [4.69, 9.17) is 11.6 Å². The summed E-state index contributed by atoms with van der Waals surface area (Å²) in [5.41, 5.74) is 0.0920. The Balaban J connectivity index is 2.34. The van der Waals surface area contributed by atoms with Gasteiger partial charge < -0.3 is 5.32 Å². The van der Waals surface area contributed by atoms with Crippen LogP contribution in [0.15, 0.2) is 18.5 Å². The van der Waals surface area contributed by atoms with E-state index < -0.39 is 0 Å². The number of alkyl halides is 1. The molecule has 0 aliphatic heterocycles. The Hall–Kier alpha value is -0.540. The molecule has 15 heavy (non-hydrogen) atoms. The van der Waals surface area contributed by atoms with Crippen LogP contribution in [0.5, 0.6) is 0 Å². The lowest BCUT2D eigenvalue weighted by molar-refractivity contribution is 0.327. The minimum atomic E-state index is 0.0920. The fraction of sp³-hybridized carbons (Fsp3) is 0.727. The summed E-state index contributed by atoms with van der Waals surface area (Å²) < 4.78 is 1.93. The maximum absolute atomic E-state index is 6.00. The molecule has 86 valence electrons. The van der Waals surface area contributed by atoms with Gasteiger partial charge in [0.1, 0.15) is 0 Å². The summed E-state index contributed by atoms with van der Waals surface area (Å²) in [7, 11) is 0. The summed E-state index contributed by atoms with van der Waals surface area (Å²) in [5, 5.41) is 7.68. The number of hydrogen-bond donors (Lipinski definition) is 1. The van der Waals surface area contributed by atoms with Crippen molar-refractivity contribution >= 4 is 11.6 Å². The molecule has 0 fully saturated rings. The first-order chi connectivity index (χ1) is 7.26. The van der Waals surface area contributed by atoms with E-state index in [1.165, 1.54) is 0 Å². The summed E-state index contributed by atoms with van der Waals surface area (Å²) in [6.45, 7) is 6.15. The van der Waals surface area contributed by atoms with Crippen molar-refractivity contribution in [2.24, 2.45) is 0 Å². The summed E-state index contributed by atoms with van der Waals surface area (Å²) in [4.78, 5) is 0. The molecule has 0 unspecified atom stereocenters. The lowest BCUT2D eigenvalue weighted by atomic mass is 9.95. The van der Waals surface area contributed by atoms with E-state index in [0.717, 1.165) is 25.9 Å². The predicted molar refractivity (Wildman–Crippen MR) is 64.3 cm³/mol. The molecule has 0 spiro atoms. The van der Waals surface area contributed by atoms with Gasteiger partial charge in [-0.2, -0.15) is 5.10 Å². The van der Waals surface area contributed by atoms with Gasteiger partial charge in [-0.3, -0.25) is 4.68 Å². The highest BCUT2D eigenvalue weighted by molar-refractivity contribution is 6.18. The molecule has 0 radical (unpaired) electrons. The van der Waals surface area contributed by atoms with Crippen LogP contribution in [0.4, 0.5) is 0 Å². The van der Waals surface area contributed by atoms with E-state index in [9.17, 15) is 0 Å². The van der Waals surface area contributed by atoms with Crippen LogP contribution in [0.3, 0.4) is 0 Å². The van der Waals surface area contributed by atoms with Crippen molar-refractivity contribution in [1.82, 2.24) is 15.1 Å². The van der Waals surface area contributed by atoms with E-state index in [2.05, 4.69) is 24.3 Å². The molecule has 1 aromatic rings. The zero-order valence-corrected chi connectivity index (χ0v) is 10.3. The smallest absolute Gasteiger partial charge is 0.0534 e. The lowest BCUT2D eigenvalue weighted by Crippen LogP contribution is -2.47. The Bertz CT molecular complexity index is 247. The number of aromatic nitrogens is 2. The summed E-state index contributed by atoms with van der Waals surface area (Å²) >= 11 is 6.00. The summed E-state index contributed by atoms with van der Waals surface area (Å²) in [6.07, 6.45) is 5.90. The molecule has 0 saturated carbocycles. The quantitative estimate of drug-likeness (QED) is 0.727. The van der Waals surface area contributed by atoms with Crippen molar-refractivity contribution in [3.05, 3.63) is 18.5 Å². The van der Waals surface area contributed by atoms with Crippen LogP contribution in [-0.2, 0) is 6.54 Å². The van der Waals surface area contributed by atoms with Crippen molar-refractivity contribution in [3.63, 3.8) is 0 Å². The van der Waals surface area contributed by atoms with Gasteiger partial charge in [-0.05, 0) is 18.9 Å². The molecule has 0 atom stereocenters. The molecule has 0 bridgehead atoms. The maximum atomic E-state index is 6.00. The second-order valence-corrected chi connectivity index (χ2v) is 4.08. The summed E-state index contributed by atoms with van der Waals surface area (Å²) in [6, 6.07) is 1.94. The fourth-order valence-electron chi connectivity index (χ4n) is 1.60. The molecule has 0 amide bonds. The standard InChI is InChI=1S/C11H20ClN3/c1-3-11(4-2,10-12)13-7-9-15-8-5-6-14-15/h5-6,8,13H,3-4,7,9-10H2,1-2H3. The lowest BCUT2D eigenvalue weighted by Gasteiger charge is -2.30. The van der Waals surface area contributed by atoms with Crippen molar-refractivity contribution < 1.29 is 0 Å². The number of rotatable bonds is 7. The summed E-state index contributed by atoms with van der Waals surface area (Å²) in [5.74, 6) is 0.666. The van der Waals surface area contributed by atoms with Gasteiger partial charge in [0.15, 0.2) is 0 Å². The molecular formula is C11H20ClN3. The number of hydrogen-bond acceptors (Lipinski definition) is 2. The molecule has 1 N–H and O–H groups in total. The Morgan fingerprint density at radius 1 is 1.40 bits per heavy atom. The molecule has 0 aliphatic carbocycles. The number of nitrogens with one attached hydrogen (secondary N) is 1. The zero-order valence-electron chi connectivity index (χ0n) is 9.54. The molecule has 1 heterocycles. The van der Waals surface area contributed by atoms with Gasteiger partial charge in [-0.15, -0.1) is 11.6 Å². The Morgan fingerprint density at radius 2 is 2.13 bits per heavy atom. The third-order valence-corrected chi connectivity index (χ3v) is 3.52. The molecule has 0 saturated heterocycles. The second-order valence-electron chi connectivity index (χ2n) is 3.82. The fourth-order valence-corrected chi connectivity index (χ4v) is 2.08. The third-order valence-electron chi connectivity index (χ3n) is 3.01. The van der Waals surface area contributed by atoms with Crippen molar-refractivity contribution in [1.29, 1.82) is 0 Å². The normalized spacial score (nSPS) is 11.9. The van der Waals surface area contributed by atoms with Gasteiger partial charge in [-0.25, -0.2) is 0 Å². The monoisotopic (exact) mass is 229 g/mol. The Kier molecular flexibility index (Phi) is 5.12. The Morgan fingerprint density at radius 3 is 2.60 bits per heavy atom. The topological polar surface area (TPSA) is 29.9 Å². The Labute approximate surface area is 96.8 Å². The minimum Gasteiger partial charge on any atom is -0.308 e. The molecular weight excluding hydrogens is 210 g/mol. The second kappa shape index (κ2) is 6.13. The molecule has 1 rings (SSSR count). The number of nitrogens with zero attached hydrogens (tertiary/aromatic N) is 2. The predicted octanol–water partition coefficient (Wildman–Crippen LogP) is 2.27. The van der Waals surface area contributed by atoms with Gasteiger partial charge in [0.25, 0.3) is 0 Å². The highest BCUT2D eigenvalue weighted by Gasteiger charge is 2.23. The zero-order chi connectivity index (χ0) is 11.1. The molecule has 0 aliphatic rings. The van der Waals surface area contributed by atoms with Crippen LogP contribution in [0, 0.1) is 0 Å². The van der Waals surface area contributed by atoms with Crippen LogP contribution in [0.25, 0.3) is 0 Å². The molecule has 0 aromatic carbocycles. The average molecular weight is 230 g/mol. The van der Waals surface area contributed by atoms with E-state index >= 15 is 0 Å². The van der Waals surface area contributed by atoms with Crippen molar-refractivity contribution in [2.75, 3.05) is 12.4 Å². The first-order valence-electron chi connectivity index (χ1n) is 5.54. The van der Waals surface area contributed by atoms with Crippen LogP contribution in [0.1, 0.15) is 26.7 Å². The van der Waals surface area contributed by atoms with Crippen LogP contribution in [-0.4, -0.2) is 27.7 Å². The average Bonchev–Trinajstić information content (AvgIpc) is 2.78. The van der Waals surface area contributed by atoms with Gasteiger partial charge in [0, 0.05) is 30.4 Å². The van der Waals surface area contributed by atoms with E-state index in [-0.39, 0.29) is 5.54 Å². The number of halogens is 1. The highest BCUT2D eigenvalue weighted by Crippen LogP contribution is 2.16. The van der Waals surface area contributed by atoms with Crippen LogP contribution >= 0.6 is 11.6 Å². The van der Waals surface area contributed by atoms with Crippen molar-refractivity contribution in [2.45, 2.75) is 38.8 Å². The van der Waals surface area contributed by atoms with Crippen LogP contribution in [0.2, 0.25) is 0 Å². The van der Waals surface area contributed by atoms with Gasteiger partial charge in [0.2, 0.25) is 0 Å². The maximum Gasteiger partial charge on any atom is 0.0534 e. The largest absolute Gasteiger partial charge is 0.308 e. The van der Waals surface area contributed by atoms with Crippen molar-refractivity contribution in [3.8, 4) is 0 Å². The first-order valence-corrected chi connectivity index (χ1v) is 6.08. The first kappa shape index (κ1) is 12.5.